The van der Waals surface area contributed by atoms with Gasteiger partial charge in [0.05, 0.1) is 13.7 Å². The quantitative estimate of drug-likeness (QED) is 0.916. The molecule has 0 heterocycles. The van der Waals surface area contributed by atoms with E-state index in [2.05, 4.69) is 0 Å². The second-order valence-electron chi connectivity index (χ2n) is 3.65. The Labute approximate surface area is 109 Å². The highest BCUT2D eigenvalue weighted by Gasteiger charge is 2.08. The van der Waals surface area contributed by atoms with E-state index >= 15 is 0 Å². The molecule has 0 radical (unpaired) electrons. The Bertz CT molecular complexity index is 526. The molecule has 0 unspecified atom stereocenters. The summed E-state index contributed by atoms with van der Waals surface area (Å²) in [6, 6.07) is 12.3. The Morgan fingerprint density at radius 3 is 2.50 bits per heavy atom. The standard InChI is InChI=1S/C14H13FO2S/c1-17-10-5-7-11(8-6-10)18-14-4-2-3-13(15)12(14)9-16/h2-8,16H,9H2,1H3. The SMILES string of the molecule is COc1ccc(Sc2cccc(F)c2CO)cc1. The van der Waals surface area contributed by atoms with E-state index in [1.807, 2.05) is 24.3 Å². The average Bonchev–Trinajstić information content (AvgIpc) is 2.40. The van der Waals surface area contributed by atoms with E-state index in [1.165, 1.54) is 17.8 Å². The first-order valence-electron chi connectivity index (χ1n) is 5.44. The summed E-state index contributed by atoms with van der Waals surface area (Å²) in [5.74, 6) is 0.400. The maximum atomic E-state index is 13.5. The summed E-state index contributed by atoms with van der Waals surface area (Å²) >= 11 is 1.42. The van der Waals surface area contributed by atoms with Gasteiger partial charge < -0.3 is 9.84 Å². The summed E-state index contributed by atoms with van der Waals surface area (Å²) in [4.78, 5) is 1.69. The van der Waals surface area contributed by atoms with Crippen LogP contribution in [0.5, 0.6) is 5.75 Å². The van der Waals surface area contributed by atoms with Crippen LogP contribution in [-0.4, -0.2) is 12.2 Å². The summed E-state index contributed by atoms with van der Waals surface area (Å²) in [5, 5.41) is 9.19. The number of methoxy groups -OCH3 is 1. The van der Waals surface area contributed by atoms with Crippen LogP contribution in [0.3, 0.4) is 0 Å². The maximum Gasteiger partial charge on any atom is 0.129 e. The Kier molecular flexibility index (Phi) is 4.23. The predicted octanol–water partition coefficient (Wildman–Crippen LogP) is 3.48. The molecule has 0 bridgehead atoms. The van der Waals surface area contributed by atoms with Crippen LogP contribution in [0.15, 0.2) is 52.3 Å². The van der Waals surface area contributed by atoms with Crippen LogP contribution in [-0.2, 0) is 6.61 Å². The molecular weight excluding hydrogens is 251 g/mol. The van der Waals surface area contributed by atoms with Crippen LogP contribution in [0.4, 0.5) is 4.39 Å². The van der Waals surface area contributed by atoms with Crippen LogP contribution < -0.4 is 4.74 Å². The first-order valence-corrected chi connectivity index (χ1v) is 6.26. The van der Waals surface area contributed by atoms with E-state index in [-0.39, 0.29) is 12.4 Å². The van der Waals surface area contributed by atoms with E-state index in [4.69, 9.17) is 4.74 Å². The molecule has 2 nitrogen and oxygen atoms in total. The molecule has 2 rings (SSSR count). The van der Waals surface area contributed by atoms with Gasteiger partial charge in [0.1, 0.15) is 11.6 Å². The molecule has 0 aliphatic rings. The summed E-state index contributed by atoms with van der Waals surface area (Å²) < 4.78 is 18.6. The first-order chi connectivity index (χ1) is 8.74. The van der Waals surface area contributed by atoms with Crippen LogP contribution in [0.2, 0.25) is 0 Å². The van der Waals surface area contributed by atoms with Crippen molar-refractivity contribution in [3.63, 3.8) is 0 Å². The number of benzene rings is 2. The summed E-state index contributed by atoms with van der Waals surface area (Å²) in [7, 11) is 1.61. The van der Waals surface area contributed by atoms with Crippen LogP contribution in [0.1, 0.15) is 5.56 Å². The molecule has 2 aromatic rings. The lowest BCUT2D eigenvalue weighted by Gasteiger charge is -2.08. The predicted molar refractivity (Wildman–Crippen MR) is 69.4 cm³/mol. The number of rotatable bonds is 4. The number of aliphatic hydroxyl groups is 1. The second kappa shape index (κ2) is 5.89. The van der Waals surface area contributed by atoms with Crippen molar-refractivity contribution in [1.29, 1.82) is 0 Å². The van der Waals surface area contributed by atoms with Crippen LogP contribution >= 0.6 is 11.8 Å². The molecule has 18 heavy (non-hydrogen) atoms. The number of hydrogen-bond donors (Lipinski definition) is 1. The number of aliphatic hydroxyl groups excluding tert-OH is 1. The summed E-state index contributed by atoms with van der Waals surface area (Å²) in [5.41, 5.74) is 0.332. The van der Waals surface area contributed by atoms with E-state index in [0.717, 1.165) is 15.5 Å². The van der Waals surface area contributed by atoms with Crippen molar-refractivity contribution >= 4 is 11.8 Å². The van der Waals surface area contributed by atoms with Gasteiger partial charge in [-0.25, -0.2) is 4.39 Å². The average molecular weight is 264 g/mol. The zero-order chi connectivity index (χ0) is 13.0. The van der Waals surface area contributed by atoms with E-state index in [9.17, 15) is 9.50 Å². The molecule has 0 aliphatic carbocycles. The summed E-state index contributed by atoms with van der Waals surface area (Å²) in [6.07, 6.45) is 0. The molecule has 0 aliphatic heterocycles. The molecule has 1 N–H and O–H groups in total. The second-order valence-corrected chi connectivity index (χ2v) is 4.77. The van der Waals surface area contributed by atoms with Crippen LogP contribution in [0.25, 0.3) is 0 Å². The van der Waals surface area contributed by atoms with Gasteiger partial charge in [0.2, 0.25) is 0 Å². The van der Waals surface area contributed by atoms with E-state index in [1.54, 1.807) is 19.2 Å². The first kappa shape index (κ1) is 12.9. The number of hydrogen-bond acceptors (Lipinski definition) is 3. The largest absolute Gasteiger partial charge is 0.497 e. The zero-order valence-electron chi connectivity index (χ0n) is 9.89. The molecule has 0 aromatic heterocycles. The highest BCUT2D eigenvalue weighted by atomic mass is 32.2. The zero-order valence-corrected chi connectivity index (χ0v) is 10.7. The molecule has 4 heteroatoms. The van der Waals surface area contributed by atoms with Gasteiger partial charge in [-0.1, -0.05) is 17.8 Å². The number of ether oxygens (including phenoxy) is 1. The molecule has 94 valence electrons. The van der Waals surface area contributed by atoms with Crippen molar-refractivity contribution in [2.75, 3.05) is 7.11 Å². The molecule has 0 atom stereocenters. The van der Waals surface area contributed by atoms with E-state index in [0.29, 0.717) is 5.56 Å². The lowest BCUT2D eigenvalue weighted by atomic mass is 10.2. The van der Waals surface area contributed by atoms with Gasteiger partial charge in [0, 0.05) is 15.4 Å². The molecule has 0 saturated carbocycles. The highest BCUT2D eigenvalue weighted by Crippen LogP contribution is 2.32. The highest BCUT2D eigenvalue weighted by molar-refractivity contribution is 7.99. The Hall–Kier alpha value is -1.52. The van der Waals surface area contributed by atoms with Gasteiger partial charge in [-0.3, -0.25) is 0 Å². The molecular formula is C14H13FO2S. The van der Waals surface area contributed by atoms with Crippen molar-refractivity contribution in [3.8, 4) is 5.75 Å². The minimum absolute atomic E-state index is 0.300. The Morgan fingerprint density at radius 1 is 1.17 bits per heavy atom. The maximum absolute atomic E-state index is 13.5. The lowest BCUT2D eigenvalue weighted by Crippen LogP contribution is -1.92. The Morgan fingerprint density at radius 2 is 1.89 bits per heavy atom. The molecule has 2 aromatic carbocycles. The van der Waals surface area contributed by atoms with Gasteiger partial charge in [-0.2, -0.15) is 0 Å². The van der Waals surface area contributed by atoms with E-state index < -0.39 is 0 Å². The van der Waals surface area contributed by atoms with Crippen LogP contribution in [0, 0.1) is 5.82 Å². The monoisotopic (exact) mass is 264 g/mol. The van der Waals surface area contributed by atoms with Gasteiger partial charge in [-0.05, 0) is 36.4 Å². The fraction of sp³-hybridized carbons (Fsp3) is 0.143. The third-order valence-corrected chi connectivity index (χ3v) is 3.63. The molecule has 0 spiro atoms. The smallest absolute Gasteiger partial charge is 0.129 e. The topological polar surface area (TPSA) is 29.5 Å². The molecule has 0 fully saturated rings. The van der Waals surface area contributed by atoms with Crippen molar-refractivity contribution in [3.05, 3.63) is 53.8 Å². The minimum atomic E-state index is -0.379. The van der Waals surface area contributed by atoms with Gasteiger partial charge in [-0.15, -0.1) is 0 Å². The van der Waals surface area contributed by atoms with Gasteiger partial charge in [0.15, 0.2) is 0 Å². The minimum Gasteiger partial charge on any atom is -0.497 e. The molecule has 0 amide bonds. The van der Waals surface area contributed by atoms with Gasteiger partial charge >= 0.3 is 0 Å². The summed E-state index contributed by atoms with van der Waals surface area (Å²) in [6.45, 7) is -0.300. The Balaban J connectivity index is 2.25. The van der Waals surface area contributed by atoms with Crippen molar-refractivity contribution < 1.29 is 14.2 Å². The van der Waals surface area contributed by atoms with Gasteiger partial charge in [0.25, 0.3) is 0 Å². The third-order valence-electron chi connectivity index (χ3n) is 2.52. The fourth-order valence-corrected chi connectivity index (χ4v) is 2.52. The fourth-order valence-electron chi connectivity index (χ4n) is 1.56. The normalized spacial score (nSPS) is 10.4. The van der Waals surface area contributed by atoms with Crippen molar-refractivity contribution in [2.45, 2.75) is 16.4 Å². The van der Waals surface area contributed by atoms with Crippen molar-refractivity contribution in [1.82, 2.24) is 0 Å². The molecule has 0 saturated heterocycles. The lowest BCUT2D eigenvalue weighted by molar-refractivity contribution is 0.272. The third kappa shape index (κ3) is 2.83. The number of halogens is 1. The van der Waals surface area contributed by atoms with Crippen molar-refractivity contribution in [2.24, 2.45) is 0 Å².